The molecule has 8 heteroatoms. The number of allylic oxidation sites excluding steroid dienone is 1. The van der Waals surface area contributed by atoms with Gasteiger partial charge in [0.1, 0.15) is 24.2 Å². The summed E-state index contributed by atoms with van der Waals surface area (Å²) in [5.41, 5.74) is 1.09. The van der Waals surface area contributed by atoms with E-state index < -0.39 is 18.0 Å². The van der Waals surface area contributed by atoms with Gasteiger partial charge in [-0.15, -0.1) is 0 Å². The molecule has 3 amide bonds. The summed E-state index contributed by atoms with van der Waals surface area (Å²) >= 11 is 0. The number of rotatable bonds is 7. The van der Waals surface area contributed by atoms with Crippen LogP contribution in [0.4, 0.5) is 9.18 Å². The minimum atomic E-state index is -0.747. The molecule has 2 N–H and O–H groups in total. The van der Waals surface area contributed by atoms with Gasteiger partial charge in [0, 0.05) is 18.3 Å². The van der Waals surface area contributed by atoms with Crippen LogP contribution in [0.25, 0.3) is 5.57 Å². The molecule has 1 aromatic rings. The number of halogens is 1. The van der Waals surface area contributed by atoms with E-state index in [0.29, 0.717) is 42.7 Å². The molecule has 1 atom stereocenters. The molecule has 7 nitrogen and oxygen atoms in total. The van der Waals surface area contributed by atoms with Gasteiger partial charge in [-0.25, -0.2) is 9.18 Å². The third kappa shape index (κ3) is 6.21. The summed E-state index contributed by atoms with van der Waals surface area (Å²) < 4.78 is 19.5. The molecule has 156 valence electrons. The van der Waals surface area contributed by atoms with Crippen molar-refractivity contribution in [1.29, 1.82) is 5.26 Å². The molecule has 0 fully saturated rings. The second-order valence-electron chi connectivity index (χ2n) is 7.30. The topological polar surface area (TPSA) is 94.5 Å². The Labute approximate surface area is 170 Å². The van der Waals surface area contributed by atoms with Crippen LogP contribution in [0.3, 0.4) is 0 Å². The molecule has 1 unspecified atom stereocenters. The lowest BCUT2D eigenvalue weighted by Crippen LogP contribution is -2.51. The average Bonchev–Trinajstić information content (AvgIpc) is 2.71. The van der Waals surface area contributed by atoms with E-state index in [1.165, 1.54) is 18.1 Å². The number of methoxy groups -OCH3 is 1. The highest BCUT2D eigenvalue weighted by Gasteiger charge is 2.25. The molecule has 0 saturated carbocycles. The molecule has 1 aliphatic rings. The zero-order chi connectivity index (χ0) is 21.4. The number of urea groups is 1. The Hall–Kier alpha value is -3.08. The SMILES string of the molecule is COc1ccc(F)c(C2=CN(C(=O)NC(CC(C)C)C(=O)NCC#N)CCC2)c1. The quantitative estimate of drug-likeness (QED) is 0.686. The second-order valence-corrected chi connectivity index (χ2v) is 7.30. The van der Waals surface area contributed by atoms with Crippen molar-refractivity contribution in [2.24, 2.45) is 5.92 Å². The first-order valence-corrected chi connectivity index (χ1v) is 9.62. The molecule has 2 rings (SSSR count). The summed E-state index contributed by atoms with van der Waals surface area (Å²) in [7, 11) is 1.51. The van der Waals surface area contributed by atoms with Gasteiger partial charge in [0.15, 0.2) is 0 Å². The maximum atomic E-state index is 14.3. The Morgan fingerprint density at radius 2 is 2.14 bits per heavy atom. The molecular weight excluding hydrogens is 375 g/mol. The van der Waals surface area contributed by atoms with E-state index in [4.69, 9.17) is 10.00 Å². The first-order chi connectivity index (χ1) is 13.8. The number of ether oxygens (including phenoxy) is 1. The van der Waals surface area contributed by atoms with Crippen LogP contribution in [0.1, 0.15) is 38.7 Å². The third-order valence-electron chi connectivity index (χ3n) is 4.60. The summed E-state index contributed by atoms with van der Waals surface area (Å²) in [6, 6.07) is 5.17. The lowest BCUT2D eigenvalue weighted by atomic mass is 9.98. The summed E-state index contributed by atoms with van der Waals surface area (Å²) in [6.45, 7) is 4.24. The fraction of sp³-hybridized carbons (Fsp3) is 0.476. The van der Waals surface area contributed by atoms with Crippen molar-refractivity contribution in [1.82, 2.24) is 15.5 Å². The zero-order valence-corrected chi connectivity index (χ0v) is 17.0. The molecule has 0 aliphatic carbocycles. The van der Waals surface area contributed by atoms with Crippen molar-refractivity contribution in [2.75, 3.05) is 20.2 Å². The molecule has 0 bridgehead atoms. The second kappa shape index (κ2) is 10.5. The third-order valence-corrected chi connectivity index (χ3v) is 4.60. The highest BCUT2D eigenvalue weighted by Crippen LogP contribution is 2.29. The minimum Gasteiger partial charge on any atom is -0.497 e. The first-order valence-electron chi connectivity index (χ1n) is 9.62. The zero-order valence-electron chi connectivity index (χ0n) is 17.0. The van der Waals surface area contributed by atoms with Crippen molar-refractivity contribution < 1.29 is 18.7 Å². The number of hydrogen-bond acceptors (Lipinski definition) is 4. The Balaban J connectivity index is 2.17. The maximum absolute atomic E-state index is 14.3. The van der Waals surface area contributed by atoms with E-state index in [2.05, 4.69) is 10.6 Å². The summed E-state index contributed by atoms with van der Waals surface area (Å²) in [5, 5.41) is 13.9. The highest BCUT2D eigenvalue weighted by atomic mass is 19.1. The summed E-state index contributed by atoms with van der Waals surface area (Å²) in [4.78, 5) is 26.5. The smallest absolute Gasteiger partial charge is 0.322 e. The lowest BCUT2D eigenvalue weighted by molar-refractivity contribution is -0.123. The molecule has 1 aromatic carbocycles. The van der Waals surface area contributed by atoms with Crippen molar-refractivity contribution in [3.8, 4) is 11.8 Å². The van der Waals surface area contributed by atoms with Crippen molar-refractivity contribution in [2.45, 2.75) is 39.2 Å². The number of nitrogens with zero attached hydrogens (tertiary/aromatic N) is 2. The fourth-order valence-corrected chi connectivity index (χ4v) is 3.18. The van der Waals surface area contributed by atoms with Gasteiger partial charge >= 0.3 is 6.03 Å². The normalized spacial score (nSPS) is 14.6. The summed E-state index contributed by atoms with van der Waals surface area (Å²) in [5.74, 6) is -0.0666. The molecule has 29 heavy (non-hydrogen) atoms. The molecule has 0 aromatic heterocycles. The molecule has 1 heterocycles. The fourth-order valence-electron chi connectivity index (χ4n) is 3.18. The van der Waals surface area contributed by atoms with Gasteiger partial charge in [-0.3, -0.25) is 4.79 Å². The van der Waals surface area contributed by atoms with E-state index >= 15 is 0 Å². The van der Waals surface area contributed by atoms with Gasteiger partial charge < -0.3 is 20.3 Å². The van der Waals surface area contributed by atoms with E-state index in [1.807, 2.05) is 19.9 Å². The van der Waals surface area contributed by atoms with Crippen LogP contribution >= 0.6 is 0 Å². The van der Waals surface area contributed by atoms with Crippen molar-refractivity contribution in [3.63, 3.8) is 0 Å². The van der Waals surface area contributed by atoms with Crippen molar-refractivity contribution in [3.05, 3.63) is 35.8 Å². The number of benzene rings is 1. The van der Waals surface area contributed by atoms with Crippen LogP contribution in [0.15, 0.2) is 24.4 Å². The van der Waals surface area contributed by atoms with Crippen LogP contribution in [0.5, 0.6) is 5.75 Å². The van der Waals surface area contributed by atoms with E-state index in [1.54, 1.807) is 18.3 Å². The number of carbonyl (C=O) groups is 2. The number of hydrogen-bond donors (Lipinski definition) is 2. The van der Waals surface area contributed by atoms with Gasteiger partial charge in [-0.05, 0) is 49.0 Å². The Bertz CT molecular complexity index is 817. The van der Waals surface area contributed by atoms with Gasteiger partial charge in [0.05, 0.1) is 13.2 Å². The molecule has 0 spiro atoms. The number of carbonyl (C=O) groups excluding carboxylic acids is 2. The first kappa shape index (κ1) is 22.2. The predicted octanol–water partition coefficient (Wildman–Crippen LogP) is 3.04. The van der Waals surface area contributed by atoms with Gasteiger partial charge in [0.25, 0.3) is 0 Å². The van der Waals surface area contributed by atoms with Crippen LogP contribution in [-0.2, 0) is 4.79 Å². The van der Waals surface area contributed by atoms with E-state index in [9.17, 15) is 14.0 Å². The van der Waals surface area contributed by atoms with Crippen LogP contribution in [0, 0.1) is 23.1 Å². The highest BCUT2D eigenvalue weighted by molar-refractivity contribution is 5.88. The molecular formula is C21H27FN4O3. The molecule has 0 saturated heterocycles. The Morgan fingerprint density at radius 1 is 1.38 bits per heavy atom. The molecule has 1 aliphatic heterocycles. The summed E-state index contributed by atoms with van der Waals surface area (Å²) in [6.07, 6.45) is 3.37. The number of amides is 3. The van der Waals surface area contributed by atoms with Crippen molar-refractivity contribution >= 4 is 17.5 Å². The Morgan fingerprint density at radius 3 is 2.79 bits per heavy atom. The van der Waals surface area contributed by atoms with Crippen LogP contribution < -0.4 is 15.4 Å². The van der Waals surface area contributed by atoms with Gasteiger partial charge in [-0.1, -0.05) is 13.8 Å². The standard InChI is InChI=1S/C21H27FN4O3/c1-14(2)11-19(20(27)24-9-8-23)25-21(28)26-10-4-5-15(13-26)17-12-16(29-3)6-7-18(17)22/h6-7,12-14,19H,4-5,9-11H2,1-3H3,(H,24,27)(H,25,28). The van der Waals surface area contributed by atoms with Crippen LogP contribution in [-0.4, -0.2) is 43.1 Å². The largest absolute Gasteiger partial charge is 0.497 e. The van der Waals surface area contributed by atoms with Crippen LogP contribution in [0.2, 0.25) is 0 Å². The van der Waals surface area contributed by atoms with E-state index in [0.717, 1.165) is 0 Å². The molecule has 0 radical (unpaired) electrons. The van der Waals surface area contributed by atoms with Gasteiger partial charge in [-0.2, -0.15) is 5.26 Å². The number of nitrogens with one attached hydrogen (secondary N) is 2. The monoisotopic (exact) mass is 402 g/mol. The Kier molecular flexibility index (Phi) is 8.01. The predicted molar refractivity (Wildman–Crippen MR) is 107 cm³/mol. The lowest BCUT2D eigenvalue weighted by Gasteiger charge is -2.28. The maximum Gasteiger partial charge on any atom is 0.322 e. The number of nitriles is 1. The van der Waals surface area contributed by atoms with Gasteiger partial charge in [0.2, 0.25) is 5.91 Å². The minimum absolute atomic E-state index is 0.119. The average molecular weight is 402 g/mol. The van der Waals surface area contributed by atoms with E-state index in [-0.39, 0.29) is 18.3 Å².